The van der Waals surface area contributed by atoms with Gasteiger partial charge >= 0.3 is 5.97 Å². The summed E-state index contributed by atoms with van der Waals surface area (Å²) < 4.78 is 16.0. The number of esters is 1. The van der Waals surface area contributed by atoms with Crippen LogP contribution in [0.5, 0.6) is 0 Å². The van der Waals surface area contributed by atoms with Gasteiger partial charge in [-0.2, -0.15) is 0 Å². The van der Waals surface area contributed by atoms with Crippen LogP contribution in [0, 0.1) is 6.92 Å². The smallest absolute Gasteiger partial charge is 0.348 e. The second-order valence-electron chi connectivity index (χ2n) is 5.44. The van der Waals surface area contributed by atoms with Crippen molar-refractivity contribution < 1.29 is 23.8 Å². The molecule has 0 aromatic carbocycles. The summed E-state index contributed by atoms with van der Waals surface area (Å²) in [6.07, 6.45) is 1.53. The Morgan fingerprint density at radius 1 is 1.52 bits per heavy atom. The number of aryl methyl sites for hydroxylation is 1. The Bertz CT molecular complexity index is 551. The molecule has 1 aromatic rings. The highest BCUT2D eigenvalue weighted by Crippen LogP contribution is 2.27. The number of rotatable bonds is 7. The molecule has 2 heterocycles. The van der Waals surface area contributed by atoms with Gasteiger partial charge in [-0.15, -0.1) is 11.3 Å². The van der Waals surface area contributed by atoms with Gasteiger partial charge in [0.1, 0.15) is 11.0 Å². The van der Waals surface area contributed by atoms with E-state index in [1.165, 1.54) is 11.3 Å². The van der Waals surface area contributed by atoms with Gasteiger partial charge in [-0.05, 0) is 45.2 Å². The molecule has 0 radical (unpaired) electrons. The fourth-order valence-corrected chi connectivity index (χ4v) is 3.24. The first kappa shape index (κ1) is 17.9. The van der Waals surface area contributed by atoms with E-state index in [1.807, 2.05) is 6.92 Å². The van der Waals surface area contributed by atoms with Crippen LogP contribution in [-0.4, -0.2) is 43.9 Å². The molecule has 1 saturated heterocycles. The van der Waals surface area contributed by atoms with E-state index in [1.54, 1.807) is 19.9 Å². The van der Waals surface area contributed by atoms with Crippen molar-refractivity contribution >= 4 is 28.2 Å². The van der Waals surface area contributed by atoms with E-state index in [9.17, 15) is 9.59 Å². The van der Waals surface area contributed by atoms with Gasteiger partial charge < -0.3 is 19.5 Å². The van der Waals surface area contributed by atoms with Gasteiger partial charge in [0.15, 0.2) is 0 Å². The molecule has 0 bridgehead atoms. The summed E-state index contributed by atoms with van der Waals surface area (Å²) in [6, 6.07) is 1.77. The number of nitrogens with one attached hydrogen (secondary N) is 1. The molecule has 1 N–H and O–H groups in total. The molecule has 1 aliphatic rings. The molecule has 128 valence electrons. The molecule has 1 aliphatic heterocycles. The molecular formula is C16H23NO5S. The highest BCUT2D eigenvalue weighted by molar-refractivity contribution is 7.18. The Labute approximate surface area is 140 Å². The van der Waals surface area contributed by atoms with Crippen LogP contribution in [0.1, 0.15) is 41.9 Å². The topological polar surface area (TPSA) is 73.9 Å². The van der Waals surface area contributed by atoms with Crippen LogP contribution in [0.3, 0.4) is 0 Å². The van der Waals surface area contributed by atoms with Crippen LogP contribution in [0.15, 0.2) is 6.07 Å². The number of ether oxygens (including phenoxy) is 3. The molecule has 23 heavy (non-hydrogen) atoms. The highest BCUT2D eigenvalue weighted by atomic mass is 32.1. The van der Waals surface area contributed by atoms with E-state index >= 15 is 0 Å². The van der Waals surface area contributed by atoms with Gasteiger partial charge in [0, 0.05) is 6.61 Å². The van der Waals surface area contributed by atoms with Gasteiger partial charge in [0.2, 0.25) is 0 Å². The normalized spacial score (nSPS) is 18.7. The van der Waals surface area contributed by atoms with Crippen molar-refractivity contribution in [3.8, 4) is 0 Å². The number of amides is 1. The summed E-state index contributed by atoms with van der Waals surface area (Å²) in [7, 11) is 0. The SMILES string of the molecule is CCOC(=O)c1sc(NC(=O)C(C)OCC2CCCO2)cc1C. The van der Waals surface area contributed by atoms with E-state index in [2.05, 4.69) is 5.32 Å². The summed E-state index contributed by atoms with van der Waals surface area (Å²) in [4.78, 5) is 24.4. The maximum atomic E-state index is 12.1. The van der Waals surface area contributed by atoms with Gasteiger partial charge in [-0.25, -0.2) is 4.79 Å². The summed E-state index contributed by atoms with van der Waals surface area (Å²) in [6.45, 7) is 6.79. The van der Waals surface area contributed by atoms with Gasteiger partial charge in [-0.1, -0.05) is 0 Å². The third-order valence-electron chi connectivity index (χ3n) is 3.55. The van der Waals surface area contributed by atoms with E-state index in [-0.39, 0.29) is 18.0 Å². The zero-order valence-corrected chi connectivity index (χ0v) is 14.5. The Hall–Kier alpha value is -1.44. The Morgan fingerprint density at radius 3 is 2.96 bits per heavy atom. The predicted molar refractivity (Wildman–Crippen MR) is 88.0 cm³/mol. The lowest BCUT2D eigenvalue weighted by atomic mass is 10.2. The minimum atomic E-state index is -0.576. The van der Waals surface area contributed by atoms with Crippen LogP contribution < -0.4 is 5.32 Å². The second-order valence-corrected chi connectivity index (χ2v) is 6.50. The van der Waals surface area contributed by atoms with Gasteiger partial charge in [-0.3, -0.25) is 4.79 Å². The summed E-state index contributed by atoms with van der Waals surface area (Å²) in [5, 5.41) is 3.40. The van der Waals surface area contributed by atoms with Crippen molar-refractivity contribution in [3.05, 3.63) is 16.5 Å². The lowest BCUT2D eigenvalue weighted by Crippen LogP contribution is -2.30. The number of carbonyl (C=O) groups excluding carboxylic acids is 2. The Kier molecular flexibility index (Phi) is 6.56. The Morgan fingerprint density at radius 2 is 2.30 bits per heavy atom. The van der Waals surface area contributed by atoms with Crippen molar-refractivity contribution in [3.63, 3.8) is 0 Å². The van der Waals surface area contributed by atoms with Crippen LogP contribution in [0.2, 0.25) is 0 Å². The van der Waals surface area contributed by atoms with E-state index < -0.39 is 6.10 Å². The first-order chi connectivity index (χ1) is 11.0. The molecule has 1 amide bonds. The lowest BCUT2D eigenvalue weighted by Gasteiger charge is -2.15. The molecule has 1 aromatic heterocycles. The van der Waals surface area contributed by atoms with Crippen molar-refractivity contribution in [2.75, 3.05) is 25.1 Å². The molecule has 0 saturated carbocycles. The summed E-state index contributed by atoms with van der Waals surface area (Å²) in [5.74, 6) is -0.599. The maximum absolute atomic E-state index is 12.1. The maximum Gasteiger partial charge on any atom is 0.348 e. The third kappa shape index (κ3) is 5.02. The van der Waals surface area contributed by atoms with Gasteiger partial charge in [0.25, 0.3) is 5.91 Å². The zero-order valence-electron chi connectivity index (χ0n) is 13.7. The molecule has 6 nitrogen and oxygen atoms in total. The quantitative estimate of drug-likeness (QED) is 0.772. The molecule has 2 rings (SSSR count). The average molecular weight is 341 g/mol. The lowest BCUT2D eigenvalue weighted by molar-refractivity contribution is -0.128. The molecule has 2 unspecified atom stereocenters. The average Bonchev–Trinajstić information content (AvgIpc) is 3.14. The summed E-state index contributed by atoms with van der Waals surface area (Å²) >= 11 is 1.21. The number of hydrogen-bond acceptors (Lipinski definition) is 6. The minimum absolute atomic E-state index is 0.0876. The molecule has 1 fully saturated rings. The standard InChI is InChI=1S/C16H23NO5S/c1-4-20-16(19)14-10(2)8-13(23-14)17-15(18)11(3)22-9-12-6-5-7-21-12/h8,11-12H,4-7,9H2,1-3H3,(H,17,18). The molecule has 7 heteroatoms. The predicted octanol–water partition coefficient (Wildman–Crippen LogP) is 2.76. The number of carbonyl (C=O) groups is 2. The largest absolute Gasteiger partial charge is 0.462 e. The molecule has 2 atom stereocenters. The van der Waals surface area contributed by atoms with Crippen molar-refractivity contribution in [1.29, 1.82) is 0 Å². The minimum Gasteiger partial charge on any atom is -0.462 e. The number of anilines is 1. The Balaban J connectivity index is 1.86. The fraction of sp³-hybridized carbons (Fsp3) is 0.625. The van der Waals surface area contributed by atoms with Gasteiger partial charge in [0.05, 0.1) is 24.3 Å². The van der Waals surface area contributed by atoms with Crippen LogP contribution >= 0.6 is 11.3 Å². The number of hydrogen-bond donors (Lipinski definition) is 1. The monoisotopic (exact) mass is 341 g/mol. The van der Waals surface area contributed by atoms with Crippen LogP contribution in [-0.2, 0) is 19.0 Å². The zero-order chi connectivity index (χ0) is 16.8. The fourth-order valence-electron chi connectivity index (χ4n) is 2.27. The highest BCUT2D eigenvalue weighted by Gasteiger charge is 2.21. The van der Waals surface area contributed by atoms with E-state index in [0.29, 0.717) is 23.1 Å². The van der Waals surface area contributed by atoms with Crippen molar-refractivity contribution in [1.82, 2.24) is 0 Å². The van der Waals surface area contributed by atoms with Crippen LogP contribution in [0.25, 0.3) is 0 Å². The van der Waals surface area contributed by atoms with E-state index in [4.69, 9.17) is 14.2 Å². The third-order valence-corrected chi connectivity index (χ3v) is 4.68. The first-order valence-electron chi connectivity index (χ1n) is 7.83. The number of thiophene rings is 1. The first-order valence-corrected chi connectivity index (χ1v) is 8.64. The molecular weight excluding hydrogens is 318 g/mol. The van der Waals surface area contributed by atoms with E-state index in [0.717, 1.165) is 25.0 Å². The van der Waals surface area contributed by atoms with Crippen molar-refractivity contribution in [2.24, 2.45) is 0 Å². The molecule has 0 aliphatic carbocycles. The second kappa shape index (κ2) is 8.42. The van der Waals surface area contributed by atoms with Crippen LogP contribution in [0.4, 0.5) is 5.00 Å². The van der Waals surface area contributed by atoms with Crippen molar-refractivity contribution in [2.45, 2.75) is 45.8 Å². The molecule has 0 spiro atoms. The summed E-state index contributed by atoms with van der Waals surface area (Å²) in [5.41, 5.74) is 0.789.